The highest BCUT2D eigenvalue weighted by Gasteiger charge is 2.29. The minimum absolute atomic E-state index is 0. The molecular formula is C10H15ClN4O4S. The van der Waals surface area contributed by atoms with Crippen molar-refractivity contribution in [1.82, 2.24) is 4.31 Å². The van der Waals surface area contributed by atoms with Crippen molar-refractivity contribution >= 4 is 33.8 Å². The second kappa shape index (κ2) is 6.35. The molecule has 3 N–H and O–H groups in total. The Morgan fingerprint density at radius 1 is 1.30 bits per heavy atom. The molecule has 1 aliphatic rings. The second-order valence-corrected chi connectivity index (χ2v) is 6.13. The van der Waals surface area contributed by atoms with Crippen LogP contribution in [-0.4, -0.2) is 30.7 Å². The average molecular weight is 323 g/mol. The van der Waals surface area contributed by atoms with Crippen LogP contribution in [0.5, 0.6) is 0 Å². The molecule has 1 heterocycles. The SMILES string of the molecule is Cl.NNc1ccc(S(=O)(=O)N2CCCC2)cc1[N+](=O)[O-]. The Morgan fingerprint density at radius 3 is 2.40 bits per heavy atom. The fourth-order valence-electron chi connectivity index (χ4n) is 2.02. The lowest BCUT2D eigenvalue weighted by atomic mass is 10.3. The van der Waals surface area contributed by atoms with Crippen LogP contribution < -0.4 is 11.3 Å². The highest BCUT2D eigenvalue weighted by Crippen LogP contribution is 2.29. The number of hydrazine groups is 1. The first-order valence-corrected chi connectivity index (χ1v) is 7.16. The van der Waals surface area contributed by atoms with Crippen molar-refractivity contribution in [3.8, 4) is 0 Å². The van der Waals surface area contributed by atoms with Crippen LogP contribution in [-0.2, 0) is 10.0 Å². The average Bonchev–Trinajstić information content (AvgIpc) is 2.92. The first-order valence-electron chi connectivity index (χ1n) is 5.72. The summed E-state index contributed by atoms with van der Waals surface area (Å²) in [5.41, 5.74) is 1.89. The third-order valence-electron chi connectivity index (χ3n) is 3.02. The van der Waals surface area contributed by atoms with E-state index in [-0.39, 0.29) is 28.7 Å². The molecule has 20 heavy (non-hydrogen) atoms. The molecule has 0 aromatic heterocycles. The number of nitrogens with one attached hydrogen (secondary N) is 1. The van der Waals surface area contributed by atoms with Crippen molar-refractivity contribution < 1.29 is 13.3 Å². The van der Waals surface area contributed by atoms with Gasteiger partial charge in [0.25, 0.3) is 5.69 Å². The van der Waals surface area contributed by atoms with Gasteiger partial charge in [0.2, 0.25) is 10.0 Å². The van der Waals surface area contributed by atoms with Crippen molar-refractivity contribution in [2.45, 2.75) is 17.7 Å². The summed E-state index contributed by atoms with van der Waals surface area (Å²) in [5, 5.41) is 10.9. The molecule has 0 saturated carbocycles. The normalized spacial score (nSPS) is 15.7. The number of nitrogen functional groups attached to an aromatic ring is 1. The third kappa shape index (κ3) is 3.01. The fraction of sp³-hybridized carbons (Fsp3) is 0.400. The number of benzene rings is 1. The maximum absolute atomic E-state index is 12.3. The van der Waals surface area contributed by atoms with Gasteiger partial charge in [0.05, 0.1) is 9.82 Å². The van der Waals surface area contributed by atoms with Gasteiger partial charge in [-0.05, 0) is 25.0 Å². The predicted molar refractivity (Wildman–Crippen MR) is 76.1 cm³/mol. The smallest absolute Gasteiger partial charge is 0.294 e. The van der Waals surface area contributed by atoms with Crippen LogP contribution in [0.3, 0.4) is 0 Å². The molecule has 112 valence electrons. The molecular weight excluding hydrogens is 308 g/mol. The number of nitrogens with two attached hydrogens (primary N) is 1. The van der Waals surface area contributed by atoms with Crippen molar-refractivity contribution in [3.05, 3.63) is 28.3 Å². The van der Waals surface area contributed by atoms with Crippen LogP contribution in [0.1, 0.15) is 12.8 Å². The molecule has 2 rings (SSSR count). The van der Waals surface area contributed by atoms with E-state index in [0.29, 0.717) is 13.1 Å². The standard InChI is InChI=1S/C10H14N4O4S.ClH/c11-12-9-4-3-8(7-10(9)14(15)16)19(17,18)13-5-1-2-6-13;/h3-4,7,12H,1-2,5-6,11H2;1H. The van der Waals surface area contributed by atoms with Gasteiger partial charge in [-0.2, -0.15) is 4.31 Å². The van der Waals surface area contributed by atoms with E-state index in [2.05, 4.69) is 5.43 Å². The Balaban J connectivity index is 0.00000200. The van der Waals surface area contributed by atoms with Gasteiger partial charge in [-0.3, -0.25) is 16.0 Å². The van der Waals surface area contributed by atoms with Crippen LogP contribution >= 0.6 is 12.4 Å². The van der Waals surface area contributed by atoms with Gasteiger partial charge in [0.15, 0.2) is 0 Å². The van der Waals surface area contributed by atoms with Gasteiger partial charge in [0, 0.05) is 19.2 Å². The first kappa shape index (κ1) is 16.6. The maximum atomic E-state index is 12.3. The van der Waals surface area contributed by atoms with Crippen LogP contribution in [0.25, 0.3) is 0 Å². The van der Waals surface area contributed by atoms with E-state index < -0.39 is 14.9 Å². The number of sulfonamides is 1. The quantitative estimate of drug-likeness (QED) is 0.486. The molecule has 8 nitrogen and oxygen atoms in total. The van der Waals surface area contributed by atoms with E-state index in [4.69, 9.17) is 5.84 Å². The topological polar surface area (TPSA) is 119 Å². The molecule has 1 aromatic carbocycles. The molecule has 0 amide bonds. The number of nitrogens with zero attached hydrogens (tertiary/aromatic N) is 2. The summed E-state index contributed by atoms with van der Waals surface area (Å²) in [6.07, 6.45) is 1.62. The van der Waals surface area contributed by atoms with E-state index in [1.807, 2.05) is 0 Å². The molecule has 10 heteroatoms. The van der Waals surface area contributed by atoms with Crippen molar-refractivity contribution in [2.24, 2.45) is 5.84 Å². The Morgan fingerprint density at radius 2 is 1.90 bits per heavy atom. The van der Waals surface area contributed by atoms with Crippen molar-refractivity contribution in [1.29, 1.82) is 0 Å². The largest absolute Gasteiger partial charge is 0.318 e. The minimum Gasteiger partial charge on any atom is -0.318 e. The number of anilines is 1. The molecule has 1 saturated heterocycles. The van der Waals surface area contributed by atoms with Gasteiger partial charge >= 0.3 is 0 Å². The van der Waals surface area contributed by atoms with E-state index in [0.717, 1.165) is 18.9 Å². The lowest BCUT2D eigenvalue weighted by Gasteiger charge is -2.15. The second-order valence-electron chi connectivity index (χ2n) is 4.19. The molecule has 0 atom stereocenters. The van der Waals surface area contributed by atoms with Crippen LogP contribution in [0.4, 0.5) is 11.4 Å². The summed E-state index contributed by atoms with van der Waals surface area (Å²) in [7, 11) is -3.66. The Kier molecular flexibility index (Phi) is 5.28. The summed E-state index contributed by atoms with van der Waals surface area (Å²) < 4.78 is 25.9. The highest BCUT2D eigenvalue weighted by atomic mass is 35.5. The number of hydrogen-bond donors (Lipinski definition) is 2. The van der Waals surface area contributed by atoms with Gasteiger partial charge in [-0.15, -0.1) is 12.4 Å². The number of halogens is 1. The highest BCUT2D eigenvalue weighted by molar-refractivity contribution is 7.89. The monoisotopic (exact) mass is 322 g/mol. The zero-order valence-corrected chi connectivity index (χ0v) is 12.1. The van der Waals surface area contributed by atoms with Crippen LogP contribution in [0.2, 0.25) is 0 Å². The Hall–Kier alpha value is -1.42. The summed E-state index contributed by atoms with van der Waals surface area (Å²) in [6, 6.07) is 3.64. The molecule has 0 bridgehead atoms. The van der Waals surface area contributed by atoms with Gasteiger partial charge in [0.1, 0.15) is 5.69 Å². The van der Waals surface area contributed by atoms with E-state index >= 15 is 0 Å². The zero-order valence-electron chi connectivity index (χ0n) is 10.5. The number of hydrogen-bond acceptors (Lipinski definition) is 6. The minimum atomic E-state index is -3.66. The molecule has 0 aliphatic carbocycles. The van der Waals surface area contributed by atoms with Gasteiger partial charge in [-0.1, -0.05) is 0 Å². The first-order chi connectivity index (χ1) is 8.96. The molecule has 1 aliphatic heterocycles. The van der Waals surface area contributed by atoms with E-state index in [1.165, 1.54) is 16.4 Å². The van der Waals surface area contributed by atoms with Crippen molar-refractivity contribution in [3.63, 3.8) is 0 Å². The van der Waals surface area contributed by atoms with Gasteiger partial charge in [-0.25, -0.2) is 8.42 Å². The molecule has 0 unspecified atom stereocenters. The molecule has 1 aromatic rings. The van der Waals surface area contributed by atoms with Gasteiger partial charge < -0.3 is 5.43 Å². The van der Waals surface area contributed by atoms with E-state index in [1.54, 1.807) is 0 Å². The number of nitro groups is 1. The van der Waals surface area contributed by atoms with Crippen molar-refractivity contribution in [2.75, 3.05) is 18.5 Å². The Labute approximate surface area is 122 Å². The zero-order chi connectivity index (χ0) is 14.0. The summed E-state index contributed by atoms with van der Waals surface area (Å²) in [6.45, 7) is 0.903. The Bertz CT molecular complexity index is 601. The lowest BCUT2D eigenvalue weighted by Crippen LogP contribution is -2.28. The summed E-state index contributed by atoms with van der Waals surface area (Å²) in [4.78, 5) is 10.1. The lowest BCUT2D eigenvalue weighted by molar-refractivity contribution is -0.384. The molecule has 1 fully saturated rings. The number of rotatable bonds is 4. The van der Waals surface area contributed by atoms with Crippen LogP contribution in [0.15, 0.2) is 23.1 Å². The summed E-state index contributed by atoms with van der Waals surface area (Å²) in [5.74, 6) is 5.16. The molecule has 0 radical (unpaired) electrons. The van der Waals surface area contributed by atoms with E-state index in [9.17, 15) is 18.5 Å². The fourth-order valence-corrected chi connectivity index (χ4v) is 3.56. The predicted octanol–water partition coefficient (Wildman–Crippen LogP) is 1.09. The number of nitro benzene ring substituents is 1. The summed E-state index contributed by atoms with van der Waals surface area (Å²) >= 11 is 0. The third-order valence-corrected chi connectivity index (χ3v) is 4.92. The maximum Gasteiger partial charge on any atom is 0.294 e. The van der Waals surface area contributed by atoms with Crippen LogP contribution in [0, 0.1) is 10.1 Å². The molecule has 0 spiro atoms.